The Hall–Kier alpha value is -1.03. The van der Waals surface area contributed by atoms with Gasteiger partial charge in [-0.15, -0.1) is 0 Å². The van der Waals surface area contributed by atoms with Gasteiger partial charge in [-0.1, -0.05) is 25.7 Å². The molecule has 112 valence electrons. The van der Waals surface area contributed by atoms with Crippen molar-refractivity contribution in [2.24, 2.45) is 30.5 Å². The molecule has 4 heteroatoms. The maximum absolute atomic E-state index is 6.57. The number of hydrogen-bond acceptors (Lipinski definition) is 3. The van der Waals surface area contributed by atoms with Crippen molar-refractivity contribution in [3.05, 3.63) is 11.9 Å². The van der Waals surface area contributed by atoms with Crippen LogP contribution < -0.4 is 10.5 Å². The van der Waals surface area contributed by atoms with E-state index in [1.807, 2.05) is 11.7 Å². The number of aryl methyl sites for hydroxylation is 1. The lowest BCUT2D eigenvalue weighted by atomic mass is 9.66. The van der Waals surface area contributed by atoms with E-state index in [4.69, 9.17) is 10.5 Å². The highest BCUT2D eigenvalue weighted by atomic mass is 16.5. The molecule has 0 radical (unpaired) electrons. The lowest BCUT2D eigenvalue weighted by Crippen LogP contribution is -2.34. The van der Waals surface area contributed by atoms with Crippen LogP contribution in [0.15, 0.2) is 6.20 Å². The van der Waals surface area contributed by atoms with E-state index in [0.29, 0.717) is 5.92 Å². The van der Waals surface area contributed by atoms with Gasteiger partial charge in [0.05, 0.1) is 25.0 Å². The molecule has 1 heterocycles. The van der Waals surface area contributed by atoms with Crippen molar-refractivity contribution >= 4 is 0 Å². The summed E-state index contributed by atoms with van der Waals surface area (Å²) in [6.07, 6.45) is 11.4. The molecule has 1 aromatic rings. The second-order valence-corrected chi connectivity index (χ2v) is 6.63. The molecule has 2 aliphatic carbocycles. The third-order valence-corrected chi connectivity index (χ3v) is 5.57. The van der Waals surface area contributed by atoms with Gasteiger partial charge >= 0.3 is 0 Å². The van der Waals surface area contributed by atoms with E-state index < -0.39 is 0 Å². The zero-order chi connectivity index (χ0) is 14.1. The third-order valence-electron chi connectivity index (χ3n) is 5.57. The van der Waals surface area contributed by atoms with Crippen molar-refractivity contribution in [1.82, 2.24) is 9.78 Å². The number of hydrogen-bond donors (Lipinski definition) is 1. The van der Waals surface area contributed by atoms with Gasteiger partial charge in [-0.05, 0) is 37.0 Å². The summed E-state index contributed by atoms with van der Waals surface area (Å²) >= 11 is 0. The fourth-order valence-corrected chi connectivity index (χ4v) is 4.42. The summed E-state index contributed by atoms with van der Waals surface area (Å²) in [5, 5.41) is 4.30. The molecular formula is C16H27N3O. The SMILES string of the molecule is COc1cnn(C)c1C(N)C1CCC2CCCCC2C1. The first kappa shape index (κ1) is 13.9. The minimum atomic E-state index is 0.0559. The predicted octanol–water partition coefficient (Wildman–Crippen LogP) is 3.04. The first-order valence-corrected chi connectivity index (χ1v) is 8.02. The van der Waals surface area contributed by atoms with Gasteiger partial charge in [-0.25, -0.2) is 0 Å². The van der Waals surface area contributed by atoms with E-state index >= 15 is 0 Å². The monoisotopic (exact) mass is 277 g/mol. The van der Waals surface area contributed by atoms with E-state index in [2.05, 4.69) is 5.10 Å². The van der Waals surface area contributed by atoms with Crippen molar-refractivity contribution in [3.63, 3.8) is 0 Å². The van der Waals surface area contributed by atoms with Crippen LogP contribution in [0.3, 0.4) is 0 Å². The molecule has 0 aliphatic heterocycles. The maximum atomic E-state index is 6.57. The molecule has 3 rings (SSSR count). The summed E-state index contributed by atoms with van der Waals surface area (Å²) < 4.78 is 7.31. The molecule has 4 nitrogen and oxygen atoms in total. The Labute approximate surface area is 121 Å². The minimum Gasteiger partial charge on any atom is -0.493 e. The normalized spacial score (nSPS) is 31.6. The summed E-state index contributed by atoms with van der Waals surface area (Å²) in [5.74, 6) is 3.30. The van der Waals surface area contributed by atoms with Gasteiger partial charge in [0.1, 0.15) is 0 Å². The van der Waals surface area contributed by atoms with Gasteiger partial charge in [0, 0.05) is 7.05 Å². The number of fused-ring (bicyclic) bond motifs is 1. The average molecular weight is 277 g/mol. The molecule has 0 amide bonds. The highest BCUT2D eigenvalue weighted by Gasteiger charge is 2.36. The smallest absolute Gasteiger partial charge is 0.161 e. The van der Waals surface area contributed by atoms with Crippen LogP contribution in [0.25, 0.3) is 0 Å². The fourth-order valence-electron chi connectivity index (χ4n) is 4.42. The van der Waals surface area contributed by atoms with Crippen LogP contribution in [-0.2, 0) is 7.05 Å². The van der Waals surface area contributed by atoms with E-state index in [-0.39, 0.29) is 6.04 Å². The lowest BCUT2D eigenvalue weighted by Gasteiger charge is -2.41. The van der Waals surface area contributed by atoms with Crippen LogP contribution in [-0.4, -0.2) is 16.9 Å². The largest absolute Gasteiger partial charge is 0.493 e. The third kappa shape index (κ3) is 2.46. The number of aromatic nitrogens is 2. The second kappa shape index (κ2) is 5.76. The minimum absolute atomic E-state index is 0.0559. The summed E-state index contributed by atoms with van der Waals surface area (Å²) in [4.78, 5) is 0. The molecule has 1 aromatic heterocycles. The maximum Gasteiger partial charge on any atom is 0.161 e. The van der Waals surface area contributed by atoms with Gasteiger partial charge in [-0.3, -0.25) is 4.68 Å². The molecule has 2 saturated carbocycles. The zero-order valence-corrected chi connectivity index (χ0v) is 12.7. The summed E-state index contributed by atoms with van der Waals surface area (Å²) in [7, 11) is 3.66. The van der Waals surface area contributed by atoms with Gasteiger partial charge in [-0.2, -0.15) is 5.10 Å². The van der Waals surface area contributed by atoms with E-state index in [1.54, 1.807) is 13.3 Å². The standard InChI is InChI=1S/C16H27N3O/c1-19-16(14(20-2)10-18-19)15(17)13-8-7-11-5-3-4-6-12(11)9-13/h10-13,15H,3-9,17H2,1-2H3. The summed E-state index contributed by atoms with van der Waals surface area (Å²) in [5.41, 5.74) is 7.63. The van der Waals surface area contributed by atoms with Crippen LogP contribution in [0.2, 0.25) is 0 Å². The van der Waals surface area contributed by atoms with Crippen molar-refractivity contribution in [2.45, 2.75) is 51.0 Å². The average Bonchev–Trinajstić information content (AvgIpc) is 2.87. The van der Waals surface area contributed by atoms with Crippen molar-refractivity contribution < 1.29 is 4.74 Å². The Morgan fingerprint density at radius 3 is 2.75 bits per heavy atom. The number of methoxy groups -OCH3 is 1. The van der Waals surface area contributed by atoms with Gasteiger partial charge in [0.25, 0.3) is 0 Å². The van der Waals surface area contributed by atoms with E-state index in [1.165, 1.54) is 44.9 Å². The van der Waals surface area contributed by atoms with E-state index in [9.17, 15) is 0 Å². The molecule has 0 aromatic carbocycles. The topological polar surface area (TPSA) is 53.1 Å². The first-order valence-electron chi connectivity index (χ1n) is 8.02. The molecule has 2 fully saturated rings. The zero-order valence-electron chi connectivity index (χ0n) is 12.7. The Kier molecular flexibility index (Phi) is 4.01. The Morgan fingerprint density at radius 2 is 2.00 bits per heavy atom. The van der Waals surface area contributed by atoms with Gasteiger partial charge in [0.2, 0.25) is 0 Å². The molecule has 4 unspecified atom stereocenters. The Balaban J connectivity index is 1.74. The second-order valence-electron chi connectivity index (χ2n) is 6.63. The molecule has 4 atom stereocenters. The Bertz CT molecular complexity index is 457. The molecule has 0 spiro atoms. The van der Waals surface area contributed by atoms with Crippen molar-refractivity contribution in [2.75, 3.05) is 7.11 Å². The van der Waals surface area contributed by atoms with Crippen LogP contribution in [0, 0.1) is 17.8 Å². The number of nitrogens with two attached hydrogens (primary N) is 1. The van der Waals surface area contributed by atoms with Crippen LogP contribution in [0.5, 0.6) is 5.75 Å². The number of nitrogens with zero attached hydrogens (tertiary/aromatic N) is 2. The summed E-state index contributed by atoms with van der Waals surface area (Å²) in [6.45, 7) is 0. The number of ether oxygens (including phenoxy) is 1. The van der Waals surface area contributed by atoms with Crippen LogP contribution >= 0.6 is 0 Å². The molecule has 2 aliphatic rings. The van der Waals surface area contributed by atoms with Gasteiger partial charge < -0.3 is 10.5 Å². The highest BCUT2D eigenvalue weighted by molar-refractivity contribution is 5.28. The van der Waals surface area contributed by atoms with Crippen molar-refractivity contribution in [1.29, 1.82) is 0 Å². The lowest BCUT2D eigenvalue weighted by molar-refractivity contribution is 0.115. The van der Waals surface area contributed by atoms with Crippen LogP contribution in [0.1, 0.15) is 56.7 Å². The molecule has 2 N–H and O–H groups in total. The van der Waals surface area contributed by atoms with E-state index in [0.717, 1.165) is 23.3 Å². The fraction of sp³-hybridized carbons (Fsp3) is 0.812. The molecule has 0 bridgehead atoms. The molecular weight excluding hydrogens is 250 g/mol. The van der Waals surface area contributed by atoms with Crippen molar-refractivity contribution in [3.8, 4) is 5.75 Å². The summed E-state index contributed by atoms with van der Waals surface area (Å²) in [6, 6.07) is 0.0559. The molecule has 20 heavy (non-hydrogen) atoms. The number of rotatable bonds is 3. The Morgan fingerprint density at radius 1 is 1.25 bits per heavy atom. The highest BCUT2D eigenvalue weighted by Crippen LogP contribution is 2.46. The van der Waals surface area contributed by atoms with Crippen LogP contribution in [0.4, 0.5) is 0 Å². The van der Waals surface area contributed by atoms with Gasteiger partial charge in [0.15, 0.2) is 5.75 Å². The molecule has 0 saturated heterocycles. The first-order chi connectivity index (χ1) is 9.70. The quantitative estimate of drug-likeness (QED) is 0.924. The predicted molar refractivity (Wildman–Crippen MR) is 79.5 cm³/mol.